The zero-order valence-corrected chi connectivity index (χ0v) is 17.4. The van der Waals surface area contributed by atoms with Crippen LogP contribution in [0.5, 0.6) is 5.75 Å². The van der Waals surface area contributed by atoms with Crippen LogP contribution in [0.2, 0.25) is 0 Å². The normalized spacial score (nSPS) is 10.8. The molecule has 4 rings (SSSR count). The first-order chi connectivity index (χ1) is 14.5. The molecule has 4 aromatic rings. The van der Waals surface area contributed by atoms with Gasteiger partial charge in [0.15, 0.2) is 5.76 Å². The lowest BCUT2D eigenvalue weighted by atomic mass is 10.1. The zero-order chi connectivity index (χ0) is 21.1. The summed E-state index contributed by atoms with van der Waals surface area (Å²) in [5.41, 5.74) is 2.62. The Hall–Kier alpha value is -3.38. The largest absolute Gasteiger partial charge is 0.496 e. The summed E-state index contributed by atoms with van der Waals surface area (Å²) in [6.07, 6.45) is 1.45. The van der Waals surface area contributed by atoms with Gasteiger partial charge in [0.25, 0.3) is 5.91 Å². The molecule has 0 radical (unpaired) electrons. The van der Waals surface area contributed by atoms with E-state index in [1.54, 1.807) is 42.7 Å². The molecule has 0 bridgehead atoms. The molecule has 0 saturated carbocycles. The standard InChI is InChI=1S/C24H20FNO3S/c1-16-13-17(8-10-21(16)28-2)23-11-9-20(30-23)15-26(19-6-3-5-18(25)14-19)24(27)22-7-4-12-29-22/h3-14H,15H2,1-2H3. The molecule has 0 spiro atoms. The van der Waals surface area contributed by atoms with Crippen LogP contribution < -0.4 is 9.64 Å². The predicted molar refractivity (Wildman–Crippen MR) is 117 cm³/mol. The number of rotatable bonds is 6. The van der Waals surface area contributed by atoms with Gasteiger partial charge < -0.3 is 14.1 Å². The van der Waals surface area contributed by atoms with E-state index in [1.165, 1.54) is 23.3 Å². The molecule has 2 heterocycles. The summed E-state index contributed by atoms with van der Waals surface area (Å²) in [7, 11) is 1.66. The first-order valence-electron chi connectivity index (χ1n) is 9.40. The number of halogens is 1. The molecule has 0 aliphatic heterocycles. The van der Waals surface area contributed by atoms with Crippen molar-refractivity contribution in [3.8, 4) is 16.2 Å². The zero-order valence-electron chi connectivity index (χ0n) is 16.6. The molecule has 2 aromatic heterocycles. The highest BCUT2D eigenvalue weighted by atomic mass is 32.1. The number of furan rings is 1. The number of methoxy groups -OCH3 is 1. The van der Waals surface area contributed by atoms with E-state index < -0.39 is 5.82 Å². The van der Waals surface area contributed by atoms with E-state index in [0.29, 0.717) is 12.2 Å². The van der Waals surface area contributed by atoms with E-state index in [9.17, 15) is 9.18 Å². The summed E-state index contributed by atoms with van der Waals surface area (Å²) in [5.74, 6) is 0.338. The van der Waals surface area contributed by atoms with E-state index in [4.69, 9.17) is 9.15 Å². The third-order valence-electron chi connectivity index (χ3n) is 4.75. The number of anilines is 1. The fraction of sp³-hybridized carbons (Fsp3) is 0.125. The highest BCUT2D eigenvalue weighted by Crippen LogP contribution is 2.33. The molecule has 1 amide bonds. The van der Waals surface area contributed by atoms with Crippen LogP contribution in [0.15, 0.2) is 77.4 Å². The molecule has 2 aromatic carbocycles. The molecule has 0 saturated heterocycles. The van der Waals surface area contributed by atoms with Gasteiger partial charge in [-0.1, -0.05) is 6.07 Å². The van der Waals surface area contributed by atoms with E-state index >= 15 is 0 Å². The molecule has 30 heavy (non-hydrogen) atoms. The lowest BCUT2D eigenvalue weighted by Crippen LogP contribution is -2.29. The number of carbonyl (C=O) groups excluding carboxylic acids is 1. The second-order valence-corrected chi connectivity index (χ2v) is 7.97. The van der Waals surface area contributed by atoms with Crippen LogP contribution in [0.1, 0.15) is 21.0 Å². The van der Waals surface area contributed by atoms with Crippen LogP contribution >= 0.6 is 11.3 Å². The molecule has 6 heteroatoms. The van der Waals surface area contributed by atoms with Crippen molar-refractivity contribution >= 4 is 22.9 Å². The smallest absolute Gasteiger partial charge is 0.294 e. The first kappa shape index (κ1) is 19.9. The van der Waals surface area contributed by atoms with Gasteiger partial charge in [0.2, 0.25) is 0 Å². The van der Waals surface area contributed by atoms with Crippen molar-refractivity contribution < 1.29 is 18.3 Å². The fourth-order valence-corrected chi connectivity index (χ4v) is 4.26. The number of aryl methyl sites for hydroxylation is 1. The molecule has 152 valence electrons. The van der Waals surface area contributed by atoms with Gasteiger partial charge in [-0.15, -0.1) is 11.3 Å². The quantitative estimate of drug-likeness (QED) is 0.366. The van der Waals surface area contributed by atoms with Gasteiger partial charge in [-0.05, 0) is 78.7 Å². The van der Waals surface area contributed by atoms with Crippen LogP contribution in [0, 0.1) is 12.7 Å². The van der Waals surface area contributed by atoms with Gasteiger partial charge in [-0.2, -0.15) is 0 Å². The van der Waals surface area contributed by atoms with Gasteiger partial charge in [-0.25, -0.2) is 4.39 Å². The number of benzene rings is 2. The fourth-order valence-electron chi connectivity index (χ4n) is 3.26. The third kappa shape index (κ3) is 4.14. The Labute approximate surface area is 178 Å². The number of thiophene rings is 1. The molecule has 4 nitrogen and oxygen atoms in total. The van der Waals surface area contributed by atoms with Crippen LogP contribution in [0.4, 0.5) is 10.1 Å². The summed E-state index contributed by atoms with van der Waals surface area (Å²) in [5, 5.41) is 0. The molecular formula is C24H20FNO3S. The molecule has 0 atom stereocenters. The number of ether oxygens (including phenoxy) is 1. The monoisotopic (exact) mass is 421 g/mol. The van der Waals surface area contributed by atoms with Crippen molar-refractivity contribution in [1.29, 1.82) is 0 Å². The lowest BCUT2D eigenvalue weighted by molar-refractivity contribution is 0.0958. The van der Waals surface area contributed by atoms with Crippen molar-refractivity contribution in [2.24, 2.45) is 0 Å². The maximum Gasteiger partial charge on any atom is 0.294 e. The Bertz CT molecular complexity index is 1170. The average Bonchev–Trinajstić information content (AvgIpc) is 3.44. The highest BCUT2D eigenvalue weighted by molar-refractivity contribution is 7.15. The van der Waals surface area contributed by atoms with Crippen LogP contribution in [-0.2, 0) is 6.54 Å². The Balaban J connectivity index is 1.64. The van der Waals surface area contributed by atoms with Crippen LogP contribution in [0.25, 0.3) is 10.4 Å². The van der Waals surface area contributed by atoms with E-state index in [2.05, 4.69) is 6.07 Å². The summed E-state index contributed by atoms with van der Waals surface area (Å²) in [6.45, 7) is 2.31. The molecule has 0 N–H and O–H groups in total. The Morgan fingerprint density at radius 1 is 1.10 bits per heavy atom. The number of amides is 1. The first-order valence-corrected chi connectivity index (χ1v) is 10.2. The Kier molecular flexibility index (Phi) is 5.68. The average molecular weight is 421 g/mol. The number of nitrogens with zero attached hydrogens (tertiary/aromatic N) is 1. The van der Waals surface area contributed by atoms with Crippen molar-refractivity contribution in [2.45, 2.75) is 13.5 Å². The minimum atomic E-state index is -0.398. The third-order valence-corrected chi connectivity index (χ3v) is 5.87. The summed E-state index contributed by atoms with van der Waals surface area (Å²) in [4.78, 5) is 16.6. The minimum absolute atomic E-state index is 0.210. The van der Waals surface area contributed by atoms with Gasteiger partial charge in [0.1, 0.15) is 11.6 Å². The molecule has 0 aliphatic rings. The molecular weight excluding hydrogens is 401 g/mol. The van der Waals surface area contributed by atoms with E-state index in [0.717, 1.165) is 26.6 Å². The summed E-state index contributed by atoms with van der Waals surface area (Å²) < 4.78 is 24.4. The van der Waals surface area contributed by atoms with Gasteiger partial charge in [-0.3, -0.25) is 4.79 Å². The SMILES string of the molecule is COc1ccc(-c2ccc(CN(C(=O)c3ccco3)c3cccc(F)c3)s2)cc1C. The topological polar surface area (TPSA) is 42.7 Å². The van der Waals surface area contributed by atoms with E-state index in [1.807, 2.05) is 31.2 Å². The van der Waals surface area contributed by atoms with Crippen molar-refractivity contribution in [3.63, 3.8) is 0 Å². The van der Waals surface area contributed by atoms with Gasteiger partial charge >= 0.3 is 0 Å². The maximum atomic E-state index is 13.8. The Morgan fingerprint density at radius 2 is 1.97 bits per heavy atom. The van der Waals surface area contributed by atoms with E-state index in [-0.39, 0.29) is 11.7 Å². The number of hydrogen-bond acceptors (Lipinski definition) is 4. The van der Waals surface area contributed by atoms with Crippen molar-refractivity contribution in [2.75, 3.05) is 12.0 Å². The van der Waals surface area contributed by atoms with Crippen LogP contribution in [-0.4, -0.2) is 13.0 Å². The summed E-state index contributed by atoms with van der Waals surface area (Å²) in [6, 6.07) is 19.3. The number of carbonyl (C=O) groups is 1. The minimum Gasteiger partial charge on any atom is -0.496 e. The molecule has 0 fully saturated rings. The molecule has 0 unspecified atom stereocenters. The number of hydrogen-bond donors (Lipinski definition) is 0. The summed E-state index contributed by atoms with van der Waals surface area (Å²) >= 11 is 1.59. The molecule has 0 aliphatic carbocycles. The van der Waals surface area contributed by atoms with Crippen molar-refractivity contribution in [3.05, 3.63) is 95.0 Å². The van der Waals surface area contributed by atoms with Gasteiger partial charge in [0, 0.05) is 15.4 Å². The second-order valence-electron chi connectivity index (χ2n) is 6.80. The Morgan fingerprint density at radius 3 is 2.67 bits per heavy atom. The second kappa shape index (κ2) is 8.55. The highest BCUT2D eigenvalue weighted by Gasteiger charge is 2.22. The predicted octanol–water partition coefficient (Wildman–Crippen LogP) is 6.31. The lowest BCUT2D eigenvalue weighted by Gasteiger charge is -2.21. The van der Waals surface area contributed by atoms with Gasteiger partial charge in [0.05, 0.1) is 19.9 Å². The maximum absolute atomic E-state index is 13.8. The van der Waals surface area contributed by atoms with Crippen LogP contribution in [0.3, 0.4) is 0 Å². The van der Waals surface area contributed by atoms with Crippen molar-refractivity contribution in [1.82, 2.24) is 0 Å².